The summed E-state index contributed by atoms with van der Waals surface area (Å²) in [6.45, 7) is 3.60. The number of nitriles is 1. The summed E-state index contributed by atoms with van der Waals surface area (Å²) in [7, 11) is 0. The molecule has 2 aromatic heterocycles. The lowest BCUT2D eigenvalue weighted by Crippen LogP contribution is -2.22. The molecule has 0 unspecified atom stereocenters. The number of hydrogen-bond acceptors (Lipinski definition) is 6. The van der Waals surface area contributed by atoms with Gasteiger partial charge in [0.15, 0.2) is 5.69 Å². The van der Waals surface area contributed by atoms with Crippen molar-refractivity contribution in [3.05, 3.63) is 75.5 Å². The van der Waals surface area contributed by atoms with E-state index in [1.54, 1.807) is 19.1 Å². The van der Waals surface area contributed by atoms with Crippen molar-refractivity contribution >= 4 is 11.4 Å². The smallest absolute Gasteiger partial charge is 0.281 e. The van der Waals surface area contributed by atoms with Crippen LogP contribution in [0.15, 0.2) is 62.1 Å². The first-order valence-corrected chi connectivity index (χ1v) is 8.44. The summed E-state index contributed by atoms with van der Waals surface area (Å²) >= 11 is 0. The number of rotatable bonds is 5. The molecule has 0 aliphatic heterocycles. The first-order chi connectivity index (χ1) is 13.0. The molecule has 0 saturated carbocycles. The zero-order valence-electron chi connectivity index (χ0n) is 15.0. The molecule has 0 bridgehead atoms. The van der Waals surface area contributed by atoms with Crippen molar-refractivity contribution in [1.82, 2.24) is 4.57 Å². The van der Waals surface area contributed by atoms with Crippen LogP contribution < -0.4 is 5.56 Å². The second kappa shape index (κ2) is 7.70. The number of pyridine rings is 1. The standard InChI is InChI=1S/C20H18N4O3/c1-3-14-6-8-15(9-7-14)22-23-18-13(2)17(11-21)19(25)24(20(18)26)12-16-5-4-10-27-16/h4-10,25H,3,12H2,1-2H3. The van der Waals surface area contributed by atoms with Gasteiger partial charge in [-0.05, 0) is 43.2 Å². The lowest BCUT2D eigenvalue weighted by Gasteiger charge is -2.11. The summed E-state index contributed by atoms with van der Waals surface area (Å²) in [6, 6.07) is 12.8. The van der Waals surface area contributed by atoms with E-state index in [-0.39, 0.29) is 23.4 Å². The van der Waals surface area contributed by atoms with Crippen molar-refractivity contribution in [2.24, 2.45) is 10.2 Å². The molecule has 1 aromatic carbocycles. The summed E-state index contributed by atoms with van der Waals surface area (Å²) in [5.74, 6) is 0.0563. The van der Waals surface area contributed by atoms with E-state index in [1.165, 1.54) is 11.8 Å². The number of furan rings is 1. The molecule has 0 aliphatic carbocycles. The highest BCUT2D eigenvalue weighted by Crippen LogP contribution is 2.27. The molecule has 1 N–H and O–H groups in total. The van der Waals surface area contributed by atoms with Gasteiger partial charge in [-0.3, -0.25) is 9.36 Å². The van der Waals surface area contributed by atoms with Crippen LogP contribution in [-0.2, 0) is 13.0 Å². The average Bonchev–Trinajstić information content (AvgIpc) is 3.19. The van der Waals surface area contributed by atoms with Gasteiger partial charge in [0.05, 0.1) is 18.5 Å². The highest BCUT2D eigenvalue weighted by atomic mass is 16.3. The van der Waals surface area contributed by atoms with Crippen LogP contribution in [0.2, 0.25) is 0 Å². The van der Waals surface area contributed by atoms with Crippen LogP contribution in [0.1, 0.15) is 29.4 Å². The molecule has 0 spiro atoms. The third-order valence-corrected chi connectivity index (χ3v) is 4.27. The maximum Gasteiger partial charge on any atom is 0.281 e. The molecule has 2 heterocycles. The molecular formula is C20H18N4O3. The van der Waals surface area contributed by atoms with Crippen LogP contribution in [0.4, 0.5) is 11.4 Å². The summed E-state index contributed by atoms with van der Waals surface area (Å²) < 4.78 is 6.29. The van der Waals surface area contributed by atoms with Gasteiger partial charge in [-0.25, -0.2) is 0 Å². The largest absolute Gasteiger partial charge is 0.493 e. The van der Waals surface area contributed by atoms with Crippen LogP contribution in [0.3, 0.4) is 0 Å². The number of aryl methyl sites for hydroxylation is 1. The van der Waals surface area contributed by atoms with Gasteiger partial charge in [0.1, 0.15) is 17.4 Å². The fourth-order valence-electron chi connectivity index (χ4n) is 2.67. The van der Waals surface area contributed by atoms with Gasteiger partial charge in [-0.1, -0.05) is 19.1 Å². The zero-order valence-corrected chi connectivity index (χ0v) is 15.0. The maximum atomic E-state index is 12.8. The fourth-order valence-corrected chi connectivity index (χ4v) is 2.67. The normalized spacial score (nSPS) is 11.0. The van der Waals surface area contributed by atoms with Crippen molar-refractivity contribution < 1.29 is 9.52 Å². The van der Waals surface area contributed by atoms with E-state index in [4.69, 9.17) is 4.42 Å². The van der Waals surface area contributed by atoms with Crippen molar-refractivity contribution in [2.45, 2.75) is 26.8 Å². The lowest BCUT2D eigenvalue weighted by molar-refractivity contribution is 0.397. The van der Waals surface area contributed by atoms with Gasteiger partial charge >= 0.3 is 0 Å². The van der Waals surface area contributed by atoms with E-state index < -0.39 is 11.4 Å². The van der Waals surface area contributed by atoms with Gasteiger partial charge < -0.3 is 9.52 Å². The molecule has 0 aliphatic rings. The maximum absolute atomic E-state index is 12.8. The molecule has 3 rings (SSSR count). The first kappa shape index (κ1) is 18.1. The predicted octanol–water partition coefficient (Wildman–Crippen LogP) is 4.35. The highest BCUT2D eigenvalue weighted by Gasteiger charge is 2.19. The van der Waals surface area contributed by atoms with Gasteiger partial charge in [-0.15, -0.1) is 5.11 Å². The number of aromatic hydroxyl groups is 1. The van der Waals surface area contributed by atoms with Crippen LogP contribution in [0.5, 0.6) is 5.88 Å². The van der Waals surface area contributed by atoms with Crippen LogP contribution in [-0.4, -0.2) is 9.67 Å². The Hall–Kier alpha value is -3.66. The Balaban J connectivity index is 2.07. The molecule has 7 heteroatoms. The summed E-state index contributed by atoms with van der Waals surface area (Å²) in [5, 5.41) is 27.9. The van der Waals surface area contributed by atoms with E-state index in [1.807, 2.05) is 30.3 Å². The molecule has 0 radical (unpaired) electrons. The third kappa shape index (κ3) is 3.65. The Bertz CT molecular complexity index is 1070. The monoisotopic (exact) mass is 362 g/mol. The Morgan fingerprint density at radius 2 is 1.96 bits per heavy atom. The minimum atomic E-state index is -0.547. The van der Waals surface area contributed by atoms with Gasteiger partial charge in [0.25, 0.3) is 5.56 Å². The quantitative estimate of drug-likeness (QED) is 0.681. The second-order valence-corrected chi connectivity index (χ2v) is 5.97. The zero-order chi connectivity index (χ0) is 19.4. The average molecular weight is 362 g/mol. The van der Waals surface area contributed by atoms with E-state index in [0.717, 1.165) is 11.0 Å². The number of aromatic nitrogens is 1. The second-order valence-electron chi connectivity index (χ2n) is 5.97. The van der Waals surface area contributed by atoms with E-state index in [9.17, 15) is 15.2 Å². The Labute approximate surface area is 155 Å². The number of benzene rings is 1. The Morgan fingerprint density at radius 3 is 2.56 bits per heavy atom. The Kier molecular flexibility index (Phi) is 5.18. The van der Waals surface area contributed by atoms with Gasteiger partial charge in [-0.2, -0.15) is 10.4 Å². The van der Waals surface area contributed by atoms with Gasteiger partial charge in [0, 0.05) is 5.56 Å². The molecule has 0 atom stereocenters. The number of hydrogen-bond donors (Lipinski definition) is 1. The van der Waals surface area contributed by atoms with Crippen molar-refractivity contribution in [1.29, 1.82) is 5.26 Å². The summed E-state index contributed by atoms with van der Waals surface area (Å²) in [4.78, 5) is 12.8. The molecular weight excluding hydrogens is 344 g/mol. The highest BCUT2D eigenvalue weighted by molar-refractivity contribution is 5.57. The summed E-state index contributed by atoms with van der Waals surface area (Å²) in [5.41, 5.74) is 1.49. The fraction of sp³-hybridized carbons (Fsp3) is 0.200. The third-order valence-electron chi connectivity index (χ3n) is 4.27. The molecule has 3 aromatic rings. The Morgan fingerprint density at radius 1 is 1.22 bits per heavy atom. The van der Waals surface area contributed by atoms with Crippen molar-refractivity contribution in [3.8, 4) is 11.9 Å². The SMILES string of the molecule is CCc1ccc(N=Nc2c(C)c(C#N)c(O)n(Cc3ccco3)c2=O)cc1. The number of azo groups is 1. The van der Waals surface area contributed by atoms with Crippen molar-refractivity contribution in [3.63, 3.8) is 0 Å². The van der Waals surface area contributed by atoms with Gasteiger partial charge in [0.2, 0.25) is 5.88 Å². The van der Waals surface area contributed by atoms with Crippen LogP contribution in [0.25, 0.3) is 0 Å². The molecule has 0 fully saturated rings. The first-order valence-electron chi connectivity index (χ1n) is 8.44. The molecule has 0 saturated heterocycles. The van der Waals surface area contributed by atoms with Crippen molar-refractivity contribution in [2.75, 3.05) is 0 Å². The summed E-state index contributed by atoms with van der Waals surface area (Å²) in [6.07, 6.45) is 2.38. The lowest BCUT2D eigenvalue weighted by atomic mass is 10.1. The van der Waals surface area contributed by atoms with Crippen LogP contribution >= 0.6 is 0 Å². The number of nitrogens with zero attached hydrogens (tertiary/aromatic N) is 4. The van der Waals surface area contributed by atoms with E-state index in [2.05, 4.69) is 17.2 Å². The van der Waals surface area contributed by atoms with Crippen LogP contribution in [0, 0.1) is 18.3 Å². The van der Waals surface area contributed by atoms with E-state index >= 15 is 0 Å². The minimum absolute atomic E-state index is 0.00970. The van der Waals surface area contributed by atoms with E-state index in [0.29, 0.717) is 11.4 Å². The minimum Gasteiger partial charge on any atom is -0.493 e. The molecule has 27 heavy (non-hydrogen) atoms. The predicted molar refractivity (Wildman–Crippen MR) is 99.6 cm³/mol. The molecule has 136 valence electrons. The topological polar surface area (TPSA) is 104 Å². The molecule has 7 nitrogen and oxygen atoms in total. The molecule has 0 amide bonds.